The number of hydrogen-bond acceptors (Lipinski definition) is 7. The summed E-state index contributed by atoms with van der Waals surface area (Å²) in [5.41, 5.74) is 0.306. The van der Waals surface area contributed by atoms with Gasteiger partial charge in [-0.25, -0.2) is 0 Å². The van der Waals surface area contributed by atoms with Crippen LogP contribution in [0.1, 0.15) is 31.3 Å². The Morgan fingerprint density at radius 2 is 2.10 bits per heavy atom. The van der Waals surface area contributed by atoms with Crippen LogP contribution in [0.3, 0.4) is 0 Å². The molecule has 12 heteroatoms. The summed E-state index contributed by atoms with van der Waals surface area (Å²) < 4.78 is 1.17. The first-order valence-corrected chi connectivity index (χ1v) is 10.1. The number of rotatable bonds is 6. The fourth-order valence-electron chi connectivity index (χ4n) is 3.15. The minimum absolute atomic E-state index is 0.266. The van der Waals surface area contributed by atoms with Crippen LogP contribution in [0.4, 0.5) is 5.69 Å². The van der Waals surface area contributed by atoms with Crippen LogP contribution in [0, 0.1) is 16.0 Å². The zero-order valence-electron chi connectivity index (χ0n) is 16.5. The van der Waals surface area contributed by atoms with Gasteiger partial charge in [0.05, 0.1) is 4.92 Å². The van der Waals surface area contributed by atoms with Crippen molar-refractivity contribution < 1.29 is 19.3 Å². The summed E-state index contributed by atoms with van der Waals surface area (Å²) in [5, 5.41) is 19.8. The number of β-lactam (4-membered cyclic amide) rings is 1. The average molecular weight is 422 g/mol. The van der Waals surface area contributed by atoms with Gasteiger partial charge in [-0.3, -0.25) is 34.1 Å². The van der Waals surface area contributed by atoms with Gasteiger partial charge in [0.25, 0.3) is 17.7 Å². The maximum Gasteiger partial charge on any atom is 0.320 e. The number of fused-ring (bicyclic) bond motifs is 1. The molecule has 156 valence electrons. The maximum absolute atomic E-state index is 12.7. The molecule has 0 saturated carbocycles. The molecule has 1 saturated heterocycles. The van der Waals surface area contributed by atoms with Gasteiger partial charge in [0.1, 0.15) is 23.3 Å². The predicted octanol–water partition coefficient (Wildman–Crippen LogP) is 0.388. The van der Waals surface area contributed by atoms with Crippen molar-refractivity contribution in [2.75, 3.05) is 12.3 Å². The van der Waals surface area contributed by atoms with E-state index >= 15 is 0 Å². The lowest BCUT2D eigenvalue weighted by Gasteiger charge is -2.49. The predicted molar refractivity (Wildman–Crippen MR) is 105 cm³/mol. The molecule has 3 rings (SSSR count). The SMILES string of the molecule is CC1=C(C(=O)NCC(C)C)N2C(=O)[C@H](NC(=O)c3nn(C)cc3[N+](=O)[O-])[C@@H]2SC1. The van der Waals surface area contributed by atoms with Crippen LogP contribution in [-0.2, 0) is 16.6 Å². The summed E-state index contributed by atoms with van der Waals surface area (Å²) in [5.74, 6) is -0.743. The average Bonchev–Trinajstić information content (AvgIpc) is 3.06. The first-order chi connectivity index (χ1) is 13.6. The second-order valence-electron chi connectivity index (χ2n) is 7.39. The monoisotopic (exact) mass is 422 g/mol. The van der Waals surface area contributed by atoms with Crippen molar-refractivity contribution in [1.82, 2.24) is 25.3 Å². The Labute approximate surface area is 171 Å². The van der Waals surface area contributed by atoms with E-state index in [4.69, 9.17) is 0 Å². The Morgan fingerprint density at radius 3 is 2.72 bits per heavy atom. The van der Waals surface area contributed by atoms with Gasteiger partial charge in [-0.15, -0.1) is 11.8 Å². The highest BCUT2D eigenvalue weighted by atomic mass is 32.2. The molecule has 1 aromatic heterocycles. The zero-order valence-corrected chi connectivity index (χ0v) is 17.3. The summed E-state index contributed by atoms with van der Waals surface area (Å²) in [4.78, 5) is 49.6. The molecule has 2 aliphatic rings. The van der Waals surface area contributed by atoms with Crippen LogP contribution in [0.15, 0.2) is 17.5 Å². The number of nitro groups is 1. The molecule has 3 heterocycles. The topological polar surface area (TPSA) is 139 Å². The van der Waals surface area contributed by atoms with E-state index in [0.717, 1.165) is 11.8 Å². The second-order valence-corrected chi connectivity index (χ2v) is 8.49. The number of carbonyl (C=O) groups excluding carboxylic acids is 3. The van der Waals surface area contributed by atoms with Crippen LogP contribution >= 0.6 is 11.8 Å². The van der Waals surface area contributed by atoms with Gasteiger partial charge in [0.2, 0.25) is 5.69 Å². The van der Waals surface area contributed by atoms with Crippen molar-refractivity contribution in [3.8, 4) is 0 Å². The van der Waals surface area contributed by atoms with Crippen molar-refractivity contribution in [3.63, 3.8) is 0 Å². The van der Waals surface area contributed by atoms with E-state index in [1.807, 2.05) is 13.8 Å². The molecule has 0 radical (unpaired) electrons. The Morgan fingerprint density at radius 1 is 1.41 bits per heavy atom. The van der Waals surface area contributed by atoms with E-state index in [0.29, 0.717) is 18.0 Å². The van der Waals surface area contributed by atoms with Gasteiger partial charge in [0.15, 0.2) is 0 Å². The summed E-state index contributed by atoms with van der Waals surface area (Å²) in [7, 11) is 1.46. The van der Waals surface area contributed by atoms with E-state index in [2.05, 4.69) is 15.7 Å². The summed E-state index contributed by atoms with van der Waals surface area (Å²) in [6, 6.07) is -0.880. The first-order valence-electron chi connectivity index (χ1n) is 9.03. The summed E-state index contributed by atoms with van der Waals surface area (Å²) >= 11 is 1.42. The molecule has 29 heavy (non-hydrogen) atoms. The number of nitrogens with one attached hydrogen (secondary N) is 2. The zero-order chi connectivity index (χ0) is 21.5. The highest BCUT2D eigenvalue weighted by Gasteiger charge is 2.54. The van der Waals surface area contributed by atoms with Gasteiger partial charge >= 0.3 is 5.69 Å². The molecular formula is C17H22N6O5S. The van der Waals surface area contributed by atoms with Crippen LogP contribution in [-0.4, -0.2) is 61.0 Å². The number of aromatic nitrogens is 2. The van der Waals surface area contributed by atoms with E-state index in [1.165, 1.54) is 28.4 Å². The number of nitrogens with zero attached hydrogens (tertiary/aromatic N) is 4. The standard InChI is InChI=1S/C17H22N6O5S/c1-8(2)5-18-15(25)13-9(3)7-29-17-12(16(26)22(13)17)19-14(24)11-10(23(27)28)6-21(4)20-11/h6,8,12,17H,5,7H2,1-4H3,(H,18,25)(H,19,24)/t12-,17-/m0/s1. The maximum atomic E-state index is 12.7. The fourth-order valence-corrected chi connectivity index (χ4v) is 4.45. The van der Waals surface area contributed by atoms with Crippen LogP contribution in [0.25, 0.3) is 0 Å². The van der Waals surface area contributed by atoms with Crippen molar-refractivity contribution in [2.45, 2.75) is 32.2 Å². The highest BCUT2D eigenvalue weighted by molar-refractivity contribution is 8.00. The molecule has 3 amide bonds. The lowest BCUT2D eigenvalue weighted by molar-refractivity contribution is -0.385. The normalized spacial score (nSPS) is 21.0. The van der Waals surface area contributed by atoms with Gasteiger partial charge in [-0.1, -0.05) is 13.8 Å². The molecule has 1 fully saturated rings. The fraction of sp³-hybridized carbons (Fsp3) is 0.529. The van der Waals surface area contributed by atoms with E-state index in [-0.39, 0.29) is 17.5 Å². The molecule has 0 spiro atoms. The summed E-state index contributed by atoms with van der Waals surface area (Å²) in [6.45, 7) is 6.22. The minimum Gasteiger partial charge on any atom is -0.351 e. The Bertz CT molecular complexity index is 923. The second kappa shape index (κ2) is 7.85. The minimum atomic E-state index is -0.880. The lowest BCUT2D eigenvalue weighted by atomic mass is 10.0. The van der Waals surface area contributed by atoms with Crippen molar-refractivity contribution in [2.24, 2.45) is 13.0 Å². The molecule has 2 N–H and O–H groups in total. The molecule has 11 nitrogen and oxygen atoms in total. The third-order valence-corrected chi connectivity index (χ3v) is 5.98. The third-order valence-electron chi connectivity index (χ3n) is 4.55. The van der Waals surface area contributed by atoms with E-state index < -0.39 is 33.8 Å². The Balaban J connectivity index is 1.75. The van der Waals surface area contributed by atoms with E-state index in [9.17, 15) is 24.5 Å². The van der Waals surface area contributed by atoms with Crippen molar-refractivity contribution >= 4 is 35.2 Å². The molecule has 0 unspecified atom stereocenters. The number of hydrogen-bond donors (Lipinski definition) is 2. The quantitative estimate of drug-likeness (QED) is 0.384. The molecule has 2 aliphatic heterocycles. The number of amides is 3. The molecule has 1 aromatic rings. The Kier molecular flexibility index (Phi) is 5.64. The van der Waals surface area contributed by atoms with Gasteiger partial charge in [0, 0.05) is 19.3 Å². The molecule has 0 bridgehead atoms. The number of thioether (sulfide) groups is 1. The first kappa shape index (κ1) is 20.8. The molecular weight excluding hydrogens is 400 g/mol. The molecule has 0 aromatic carbocycles. The Hall–Kier alpha value is -2.89. The third kappa shape index (κ3) is 3.84. The van der Waals surface area contributed by atoms with Crippen LogP contribution < -0.4 is 10.6 Å². The number of aryl methyl sites for hydroxylation is 1. The smallest absolute Gasteiger partial charge is 0.320 e. The van der Waals surface area contributed by atoms with Crippen molar-refractivity contribution in [1.29, 1.82) is 0 Å². The van der Waals surface area contributed by atoms with Crippen LogP contribution in [0.2, 0.25) is 0 Å². The number of carbonyl (C=O) groups is 3. The summed E-state index contributed by atoms with van der Waals surface area (Å²) in [6.07, 6.45) is 1.13. The molecule has 0 aliphatic carbocycles. The largest absolute Gasteiger partial charge is 0.351 e. The van der Waals surface area contributed by atoms with Crippen LogP contribution in [0.5, 0.6) is 0 Å². The van der Waals surface area contributed by atoms with Gasteiger partial charge in [-0.2, -0.15) is 5.10 Å². The van der Waals surface area contributed by atoms with Crippen molar-refractivity contribution in [3.05, 3.63) is 33.3 Å². The van der Waals surface area contributed by atoms with Gasteiger partial charge in [-0.05, 0) is 18.4 Å². The van der Waals surface area contributed by atoms with Gasteiger partial charge < -0.3 is 10.6 Å². The lowest BCUT2D eigenvalue weighted by Crippen LogP contribution is -2.71. The highest BCUT2D eigenvalue weighted by Crippen LogP contribution is 2.40. The van der Waals surface area contributed by atoms with E-state index in [1.54, 1.807) is 6.92 Å². The molecule has 2 atom stereocenters.